The molecule has 3 aromatic heterocycles. The molecule has 0 unspecified atom stereocenters. The molecule has 4 rings (SSSR count). The number of hydrogen-bond donors (Lipinski definition) is 0. The Morgan fingerprint density at radius 3 is 2.44 bits per heavy atom. The average Bonchev–Trinajstić information content (AvgIpc) is 3.42. The molecule has 0 amide bonds. The fourth-order valence-corrected chi connectivity index (χ4v) is 3.44. The zero-order chi connectivity index (χ0) is 18.6. The van der Waals surface area contributed by atoms with Gasteiger partial charge in [0.2, 0.25) is 4.80 Å². The van der Waals surface area contributed by atoms with Gasteiger partial charge in [-0.15, -0.1) is 11.3 Å². The molecule has 0 saturated heterocycles. The minimum Gasteiger partial charge on any atom is -0.463 e. The highest BCUT2D eigenvalue weighted by molar-refractivity contribution is 7.07. The van der Waals surface area contributed by atoms with Crippen LogP contribution in [0.3, 0.4) is 0 Å². The molecular formula is C21H19N3O2S. The number of furan rings is 2. The highest BCUT2D eigenvalue weighted by Gasteiger charge is 2.10. The van der Waals surface area contributed by atoms with Crippen LogP contribution in [0.2, 0.25) is 0 Å². The maximum absolute atomic E-state index is 5.55. The smallest absolute Gasteiger partial charge is 0.211 e. The Kier molecular flexibility index (Phi) is 4.89. The molecule has 1 aromatic carbocycles. The van der Waals surface area contributed by atoms with Crippen LogP contribution in [0, 0.1) is 0 Å². The second kappa shape index (κ2) is 7.63. The molecule has 0 aliphatic heterocycles. The number of benzene rings is 1. The number of nitrogens with zero attached hydrogens (tertiary/aromatic N) is 3. The fourth-order valence-electron chi connectivity index (χ4n) is 2.61. The van der Waals surface area contributed by atoms with Crippen molar-refractivity contribution >= 4 is 23.2 Å². The lowest BCUT2D eigenvalue weighted by molar-refractivity contribution is 0.558. The van der Waals surface area contributed by atoms with Gasteiger partial charge in [-0.25, -0.2) is 9.67 Å². The van der Waals surface area contributed by atoms with E-state index in [1.807, 2.05) is 41.8 Å². The number of hydrogen-bond acceptors (Lipinski definition) is 5. The first-order chi connectivity index (χ1) is 13.2. The van der Waals surface area contributed by atoms with Crippen LogP contribution in [0.1, 0.15) is 31.1 Å². The summed E-state index contributed by atoms with van der Waals surface area (Å²) in [6, 6.07) is 15.7. The van der Waals surface area contributed by atoms with E-state index in [9.17, 15) is 0 Å². The third kappa shape index (κ3) is 3.85. The third-order valence-corrected chi connectivity index (χ3v) is 4.90. The molecule has 0 spiro atoms. The van der Waals surface area contributed by atoms with Gasteiger partial charge in [-0.2, -0.15) is 5.10 Å². The van der Waals surface area contributed by atoms with E-state index in [1.54, 1.807) is 23.4 Å². The second-order valence-corrected chi connectivity index (χ2v) is 7.15. The lowest BCUT2D eigenvalue weighted by Crippen LogP contribution is -2.11. The Hall–Kier alpha value is -3.12. The molecule has 5 nitrogen and oxygen atoms in total. The Balaban J connectivity index is 1.78. The number of rotatable bonds is 5. The van der Waals surface area contributed by atoms with Crippen LogP contribution in [-0.2, 0) is 0 Å². The summed E-state index contributed by atoms with van der Waals surface area (Å²) in [6.45, 7) is 4.36. The number of thiazole rings is 1. The standard InChI is InChI=1S/C21H19N3O2S/c1-15(2)16-7-9-17(10-8-16)23-21-24(22-13-18-5-3-11-25-18)19(14-27-21)20-6-4-12-26-20/h3-15H,1-2H3. The van der Waals surface area contributed by atoms with Gasteiger partial charge in [0.05, 0.1) is 24.4 Å². The first-order valence-electron chi connectivity index (χ1n) is 8.67. The van der Waals surface area contributed by atoms with Crippen molar-refractivity contribution in [2.75, 3.05) is 0 Å². The van der Waals surface area contributed by atoms with E-state index in [4.69, 9.17) is 13.8 Å². The van der Waals surface area contributed by atoms with Gasteiger partial charge >= 0.3 is 0 Å². The summed E-state index contributed by atoms with van der Waals surface area (Å²) < 4.78 is 12.7. The zero-order valence-electron chi connectivity index (χ0n) is 15.1. The molecule has 6 heteroatoms. The molecule has 27 heavy (non-hydrogen) atoms. The maximum Gasteiger partial charge on any atom is 0.211 e. The average molecular weight is 377 g/mol. The van der Waals surface area contributed by atoms with Gasteiger partial charge in [-0.3, -0.25) is 0 Å². The molecule has 0 aliphatic rings. The highest BCUT2D eigenvalue weighted by Crippen LogP contribution is 2.22. The lowest BCUT2D eigenvalue weighted by atomic mass is 10.0. The van der Waals surface area contributed by atoms with Crippen LogP contribution in [-0.4, -0.2) is 10.9 Å². The summed E-state index contributed by atoms with van der Waals surface area (Å²) in [7, 11) is 0. The van der Waals surface area contributed by atoms with Crippen molar-refractivity contribution in [1.82, 2.24) is 4.68 Å². The first-order valence-corrected chi connectivity index (χ1v) is 9.55. The summed E-state index contributed by atoms with van der Waals surface area (Å²) in [4.78, 5) is 5.52. The molecule has 136 valence electrons. The Morgan fingerprint density at radius 2 is 1.78 bits per heavy atom. The molecule has 4 aromatic rings. The van der Waals surface area contributed by atoms with E-state index in [0.29, 0.717) is 11.7 Å². The van der Waals surface area contributed by atoms with Crippen LogP contribution in [0.15, 0.2) is 85.4 Å². The predicted octanol–water partition coefficient (Wildman–Crippen LogP) is 5.64. The van der Waals surface area contributed by atoms with Gasteiger partial charge in [-0.05, 0) is 47.9 Å². The van der Waals surface area contributed by atoms with Gasteiger partial charge < -0.3 is 8.83 Å². The van der Waals surface area contributed by atoms with E-state index in [2.05, 4.69) is 31.1 Å². The van der Waals surface area contributed by atoms with Crippen molar-refractivity contribution in [2.24, 2.45) is 10.1 Å². The summed E-state index contributed by atoms with van der Waals surface area (Å²) in [5.74, 6) is 1.90. The summed E-state index contributed by atoms with van der Waals surface area (Å²) >= 11 is 1.51. The fraction of sp³-hybridized carbons (Fsp3) is 0.143. The summed E-state index contributed by atoms with van der Waals surface area (Å²) in [5.41, 5.74) is 3.01. The monoisotopic (exact) mass is 377 g/mol. The number of aromatic nitrogens is 1. The minimum absolute atomic E-state index is 0.495. The Labute approximate surface area is 160 Å². The molecule has 0 saturated carbocycles. The van der Waals surface area contributed by atoms with E-state index < -0.39 is 0 Å². The van der Waals surface area contributed by atoms with Crippen LogP contribution < -0.4 is 4.80 Å². The van der Waals surface area contributed by atoms with Gasteiger partial charge in [0, 0.05) is 5.38 Å². The molecular weight excluding hydrogens is 358 g/mol. The van der Waals surface area contributed by atoms with Crippen LogP contribution in [0.25, 0.3) is 11.5 Å². The quantitative estimate of drug-likeness (QED) is 0.423. The van der Waals surface area contributed by atoms with Crippen molar-refractivity contribution in [3.8, 4) is 11.5 Å². The second-order valence-electron chi connectivity index (χ2n) is 6.31. The maximum atomic E-state index is 5.55. The zero-order valence-corrected chi connectivity index (χ0v) is 15.9. The Bertz CT molecular complexity index is 1080. The molecule has 0 aliphatic carbocycles. The summed E-state index contributed by atoms with van der Waals surface area (Å²) in [5, 5.41) is 6.55. The molecule has 0 radical (unpaired) electrons. The van der Waals surface area contributed by atoms with Crippen LogP contribution in [0.5, 0.6) is 0 Å². The third-order valence-electron chi connectivity index (χ3n) is 4.09. The van der Waals surface area contributed by atoms with Crippen molar-refractivity contribution in [2.45, 2.75) is 19.8 Å². The topological polar surface area (TPSA) is 55.9 Å². The van der Waals surface area contributed by atoms with E-state index in [-0.39, 0.29) is 0 Å². The molecule has 0 N–H and O–H groups in total. The SMILES string of the molecule is CC(C)c1ccc(N=c2scc(-c3ccco3)n2N=Cc2ccco2)cc1. The normalized spacial score (nSPS) is 12.5. The van der Waals surface area contributed by atoms with E-state index >= 15 is 0 Å². The predicted molar refractivity (Wildman–Crippen MR) is 107 cm³/mol. The largest absolute Gasteiger partial charge is 0.463 e. The van der Waals surface area contributed by atoms with Crippen LogP contribution in [0.4, 0.5) is 5.69 Å². The van der Waals surface area contributed by atoms with Crippen molar-refractivity contribution in [1.29, 1.82) is 0 Å². The van der Waals surface area contributed by atoms with Crippen molar-refractivity contribution < 1.29 is 8.83 Å². The molecule has 0 fully saturated rings. The van der Waals surface area contributed by atoms with Gasteiger partial charge in [0.1, 0.15) is 11.5 Å². The summed E-state index contributed by atoms with van der Waals surface area (Å²) in [6.07, 6.45) is 4.93. The van der Waals surface area contributed by atoms with Gasteiger partial charge in [-0.1, -0.05) is 26.0 Å². The first kappa shape index (κ1) is 17.3. The van der Waals surface area contributed by atoms with Gasteiger partial charge in [0.25, 0.3) is 0 Å². The Morgan fingerprint density at radius 1 is 1.00 bits per heavy atom. The van der Waals surface area contributed by atoms with Gasteiger partial charge in [0.15, 0.2) is 5.76 Å². The van der Waals surface area contributed by atoms with Crippen molar-refractivity contribution in [3.05, 3.63) is 82.6 Å². The highest BCUT2D eigenvalue weighted by atomic mass is 32.1. The van der Waals surface area contributed by atoms with Crippen LogP contribution >= 0.6 is 11.3 Å². The molecule has 0 bridgehead atoms. The lowest BCUT2D eigenvalue weighted by Gasteiger charge is -2.04. The molecule has 0 atom stereocenters. The van der Waals surface area contributed by atoms with E-state index in [1.165, 1.54) is 16.9 Å². The van der Waals surface area contributed by atoms with E-state index in [0.717, 1.165) is 21.9 Å². The molecule has 3 heterocycles. The minimum atomic E-state index is 0.495. The van der Waals surface area contributed by atoms with Crippen molar-refractivity contribution in [3.63, 3.8) is 0 Å².